The molecule has 0 spiro atoms. The summed E-state index contributed by atoms with van der Waals surface area (Å²) in [7, 11) is 2.03. The van der Waals surface area contributed by atoms with Gasteiger partial charge in [-0.15, -0.1) is 0 Å². The molecule has 0 fully saturated rings. The van der Waals surface area contributed by atoms with E-state index in [0.717, 1.165) is 23.0 Å². The van der Waals surface area contributed by atoms with Crippen LogP contribution in [0.15, 0.2) is 53.3 Å². The molecule has 1 heterocycles. The van der Waals surface area contributed by atoms with E-state index in [1.165, 1.54) is 5.56 Å². The molecule has 4 heteroatoms. The van der Waals surface area contributed by atoms with Crippen LogP contribution in [-0.2, 0) is 6.42 Å². The lowest BCUT2D eigenvalue weighted by Gasteiger charge is -2.21. The maximum atomic E-state index is 10.2. The number of likely N-dealkylation sites (N-methyl/N-ethyl adjacent to an activating group) is 1. The summed E-state index contributed by atoms with van der Waals surface area (Å²) in [6.45, 7) is 1.54. The molecule has 0 aliphatic carbocycles. The zero-order valence-corrected chi connectivity index (χ0v) is 13.1. The number of hydrogen-bond donors (Lipinski definition) is 1. The van der Waals surface area contributed by atoms with E-state index in [-0.39, 0.29) is 0 Å². The number of pyridine rings is 1. The van der Waals surface area contributed by atoms with E-state index >= 15 is 0 Å². The quantitative estimate of drug-likeness (QED) is 0.881. The number of nitrogens with zero attached hydrogens (tertiary/aromatic N) is 2. The van der Waals surface area contributed by atoms with Gasteiger partial charge >= 0.3 is 0 Å². The van der Waals surface area contributed by atoms with Crippen molar-refractivity contribution in [3.05, 3.63) is 64.4 Å². The van der Waals surface area contributed by atoms with Gasteiger partial charge in [0.05, 0.1) is 6.10 Å². The monoisotopic (exact) mass is 334 g/mol. The van der Waals surface area contributed by atoms with Crippen molar-refractivity contribution in [3.8, 4) is 0 Å². The van der Waals surface area contributed by atoms with Crippen molar-refractivity contribution in [2.45, 2.75) is 12.5 Å². The Morgan fingerprint density at radius 2 is 2.00 bits per heavy atom. The molecule has 0 saturated carbocycles. The van der Waals surface area contributed by atoms with Crippen LogP contribution in [0.3, 0.4) is 0 Å². The van der Waals surface area contributed by atoms with Crippen molar-refractivity contribution < 1.29 is 5.11 Å². The SMILES string of the molecule is CN(CCc1ccncc1)CC(O)c1cccc(Br)c1. The summed E-state index contributed by atoms with van der Waals surface area (Å²) in [5, 5.41) is 10.2. The number of rotatable bonds is 6. The van der Waals surface area contributed by atoms with Crippen LogP contribution in [0.25, 0.3) is 0 Å². The number of hydrogen-bond acceptors (Lipinski definition) is 3. The van der Waals surface area contributed by atoms with Gasteiger partial charge in [0.1, 0.15) is 0 Å². The van der Waals surface area contributed by atoms with E-state index in [9.17, 15) is 5.11 Å². The van der Waals surface area contributed by atoms with Gasteiger partial charge in [0.25, 0.3) is 0 Å². The first kappa shape index (κ1) is 15.2. The molecule has 0 aliphatic rings. The summed E-state index contributed by atoms with van der Waals surface area (Å²) in [6, 6.07) is 11.9. The maximum absolute atomic E-state index is 10.2. The lowest BCUT2D eigenvalue weighted by atomic mass is 10.1. The fraction of sp³-hybridized carbons (Fsp3) is 0.312. The molecule has 0 radical (unpaired) electrons. The van der Waals surface area contributed by atoms with Crippen LogP contribution < -0.4 is 0 Å². The van der Waals surface area contributed by atoms with E-state index in [1.54, 1.807) is 0 Å². The van der Waals surface area contributed by atoms with Gasteiger partial charge in [0.2, 0.25) is 0 Å². The van der Waals surface area contributed by atoms with Crippen molar-refractivity contribution >= 4 is 15.9 Å². The Morgan fingerprint density at radius 3 is 2.70 bits per heavy atom. The highest BCUT2D eigenvalue weighted by Gasteiger charge is 2.10. The third-order valence-corrected chi connectivity index (χ3v) is 3.74. The molecule has 106 valence electrons. The number of aliphatic hydroxyl groups excluding tert-OH is 1. The topological polar surface area (TPSA) is 36.4 Å². The van der Waals surface area contributed by atoms with Crippen molar-refractivity contribution in [2.75, 3.05) is 20.1 Å². The van der Waals surface area contributed by atoms with Crippen LogP contribution in [0.2, 0.25) is 0 Å². The van der Waals surface area contributed by atoms with Crippen LogP contribution in [0, 0.1) is 0 Å². The lowest BCUT2D eigenvalue weighted by molar-refractivity contribution is 0.127. The fourth-order valence-electron chi connectivity index (χ4n) is 2.08. The Labute approximate surface area is 128 Å². The highest BCUT2D eigenvalue weighted by molar-refractivity contribution is 9.10. The molecule has 1 N–H and O–H groups in total. The van der Waals surface area contributed by atoms with E-state index < -0.39 is 6.10 Å². The molecule has 0 amide bonds. The number of aromatic nitrogens is 1. The Hall–Kier alpha value is -1.23. The first-order valence-corrected chi connectivity index (χ1v) is 7.45. The molecule has 0 saturated heterocycles. The molecule has 3 nitrogen and oxygen atoms in total. The van der Waals surface area contributed by atoms with E-state index in [2.05, 4.69) is 25.8 Å². The zero-order valence-electron chi connectivity index (χ0n) is 11.5. The second-order valence-electron chi connectivity index (χ2n) is 4.94. The Balaban J connectivity index is 1.83. The summed E-state index contributed by atoms with van der Waals surface area (Å²) in [4.78, 5) is 6.16. The van der Waals surface area contributed by atoms with Gasteiger partial charge < -0.3 is 10.0 Å². The molecule has 0 aliphatic heterocycles. The number of aliphatic hydroxyl groups is 1. The predicted octanol–water partition coefficient (Wildman–Crippen LogP) is 3.05. The van der Waals surface area contributed by atoms with Gasteiger partial charge in [-0.3, -0.25) is 4.98 Å². The lowest BCUT2D eigenvalue weighted by Crippen LogP contribution is -2.26. The van der Waals surface area contributed by atoms with Crippen LogP contribution in [0.5, 0.6) is 0 Å². The first-order valence-electron chi connectivity index (χ1n) is 6.66. The largest absolute Gasteiger partial charge is 0.387 e. The molecule has 2 aromatic rings. The van der Waals surface area contributed by atoms with Crippen LogP contribution >= 0.6 is 15.9 Å². The molecule has 2 rings (SSSR count). The van der Waals surface area contributed by atoms with Crippen LogP contribution in [-0.4, -0.2) is 35.1 Å². The molecule has 1 atom stereocenters. The average molecular weight is 335 g/mol. The Bertz CT molecular complexity index is 533. The van der Waals surface area contributed by atoms with Crippen molar-refractivity contribution in [1.29, 1.82) is 0 Å². The highest BCUT2D eigenvalue weighted by atomic mass is 79.9. The van der Waals surface area contributed by atoms with Crippen molar-refractivity contribution in [2.24, 2.45) is 0 Å². The maximum Gasteiger partial charge on any atom is 0.0917 e. The number of benzene rings is 1. The third kappa shape index (κ3) is 4.71. The average Bonchev–Trinajstić information content (AvgIpc) is 2.46. The predicted molar refractivity (Wildman–Crippen MR) is 84.5 cm³/mol. The zero-order chi connectivity index (χ0) is 14.4. The smallest absolute Gasteiger partial charge is 0.0917 e. The second kappa shape index (κ2) is 7.53. The van der Waals surface area contributed by atoms with Crippen molar-refractivity contribution in [3.63, 3.8) is 0 Å². The minimum absolute atomic E-state index is 0.463. The highest BCUT2D eigenvalue weighted by Crippen LogP contribution is 2.18. The molecule has 0 bridgehead atoms. The van der Waals surface area contributed by atoms with E-state index in [4.69, 9.17) is 0 Å². The molecule has 1 aromatic heterocycles. The van der Waals surface area contributed by atoms with Gasteiger partial charge in [0, 0.05) is 30.0 Å². The van der Waals surface area contributed by atoms with Crippen LogP contribution in [0.1, 0.15) is 17.2 Å². The van der Waals surface area contributed by atoms with Gasteiger partial charge in [-0.05, 0) is 48.9 Å². The summed E-state index contributed by atoms with van der Waals surface area (Å²) in [6.07, 6.45) is 4.12. The van der Waals surface area contributed by atoms with Gasteiger partial charge in [-0.1, -0.05) is 28.1 Å². The Kier molecular flexibility index (Phi) is 5.71. The van der Waals surface area contributed by atoms with Gasteiger partial charge in [0.15, 0.2) is 0 Å². The molecular weight excluding hydrogens is 316 g/mol. The third-order valence-electron chi connectivity index (χ3n) is 3.25. The summed E-state index contributed by atoms with van der Waals surface area (Å²) in [5.41, 5.74) is 2.21. The summed E-state index contributed by atoms with van der Waals surface area (Å²) in [5.74, 6) is 0. The summed E-state index contributed by atoms with van der Waals surface area (Å²) >= 11 is 3.43. The van der Waals surface area contributed by atoms with Gasteiger partial charge in [-0.2, -0.15) is 0 Å². The van der Waals surface area contributed by atoms with Crippen molar-refractivity contribution in [1.82, 2.24) is 9.88 Å². The minimum atomic E-state index is -0.463. The van der Waals surface area contributed by atoms with E-state index in [1.807, 2.05) is 55.8 Å². The molecule has 20 heavy (non-hydrogen) atoms. The van der Waals surface area contributed by atoms with Gasteiger partial charge in [-0.25, -0.2) is 0 Å². The Morgan fingerprint density at radius 1 is 1.25 bits per heavy atom. The molecule has 1 unspecified atom stereocenters. The fourth-order valence-corrected chi connectivity index (χ4v) is 2.49. The molecule has 1 aromatic carbocycles. The van der Waals surface area contributed by atoms with Crippen LogP contribution in [0.4, 0.5) is 0 Å². The molecular formula is C16H19BrN2O. The standard InChI is InChI=1S/C16H19BrN2O/c1-19(10-7-13-5-8-18-9-6-13)12-16(20)14-3-2-4-15(17)11-14/h2-6,8-9,11,16,20H,7,10,12H2,1H3. The van der Waals surface area contributed by atoms with E-state index in [0.29, 0.717) is 6.54 Å². The first-order chi connectivity index (χ1) is 9.65. The number of halogens is 1. The second-order valence-corrected chi connectivity index (χ2v) is 5.85. The minimum Gasteiger partial charge on any atom is -0.387 e. The normalized spacial score (nSPS) is 12.6. The summed E-state index contributed by atoms with van der Waals surface area (Å²) < 4.78 is 0.994.